The van der Waals surface area contributed by atoms with Crippen molar-refractivity contribution in [3.8, 4) is 5.88 Å². The summed E-state index contributed by atoms with van der Waals surface area (Å²) in [6.07, 6.45) is 4.99. The number of aryl methyl sites for hydroxylation is 1. The van der Waals surface area contributed by atoms with Crippen LogP contribution in [0.5, 0.6) is 5.88 Å². The Morgan fingerprint density at radius 2 is 2.05 bits per heavy atom. The highest BCUT2D eigenvalue weighted by atomic mass is 16.5. The molecule has 2 rings (SSSR count). The van der Waals surface area contributed by atoms with E-state index in [1.165, 1.54) is 32.4 Å². The lowest BCUT2D eigenvalue weighted by Crippen LogP contribution is -2.41. The van der Waals surface area contributed by atoms with E-state index in [1.54, 1.807) is 0 Å². The van der Waals surface area contributed by atoms with E-state index in [2.05, 4.69) is 34.0 Å². The van der Waals surface area contributed by atoms with Crippen LogP contribution in [0.15, 0.2) is 6.07 Å². The van der Waals surface area contributed by atoms with Crippen LogP contribution in [0.4, 0.5) is 5.95 Å². The van der Waals surface area contributed by atoms with Crippen LogP contribution in [0.25, 0.3) is 0 Å². The molecule has 1 aliphatic rings. The van der Waals surface area contributed by atoms with E-state index >= 15 is 0 Å². The van der Waals surface area contributed by atoms with E-state index in [0.717, 1.165) is 18.7 Å². The number of piperidine rings is 1. The maximum absolute atomic E-state index is 5.60. The molecule has 1 unspecified atom stereocenters. The first-order valence-electron chi connectivity index (χ1n) is 8.15. The molecule has 5 nitrogen and oxygen atoms in total. The fourth-order valence-corrected chi connectivity index (χ4v) is 2.63. The van der Waals surface area contributed by atoms with Crippen LogP contribution >= 0.6 is 0 Å². The lowest BCUT2D eigenvalue weighted by molar-refractivity contribution is 0.180. The van der Waals surface area contributed by atoms with Gasteiger partial charge in [-0.25, -0.2) is 4.98 Å². The zero-order valence-electron chi connectivity index (χ0n) is 13.6. The molecule has 1 N–H and O–H groups in total. The van der Waals surface area contributed by atoms with Gasteiger partial charge < -0.3 is 10.1 Å². The maximum Gasteiger partial charge on any atom is 0.226 e. The summed E-state index contributed by atoms with van der Waals surface area (Å²) in [6.45, 7) is 10.3. The van der Waals surface area contributed by atoms with Crippen LogP contribution in [0.3, 0.4) is 0 Å². The van der Waals surface area contributed by atoms with Crippen molar-refractivity contribution in [3.63, 3.8) is 0 Å². The molecule has 0 bridgehead atoms. The molecular weight excluding hydrogens is 264 g/mol. The number of anilines is 1. The second-order valence-electron chi connectivity index (χ2n) is 5.85. The van der Waals surface area contributed by atoms with Crippen LogP contribution in [0, 0.1) is 6.92 Å². The highest BCUT2D eigenvalue weighted by Gasteiger charge is 2.16. The van der Waals surface area contributed by atoms with Gasteiger partial charge in [0.2, 0.25) is 11.8 Å². The summed E-state index contributed by atoms with van der Waals surface area (Å²) in [7, 11) is 0. The summed E-state index contributed by atoms with van der Waals surface area (Å²) in [5, 5.41) is 3.36. The third kappa shape index (κ3) is 5.16. The summed E-state index contributed by atoms with van der Waals surface area (Å²) in [4.78, 5) is 11.4. The van der Waals surface area contributed by atoms with Crippen molar-refractivity contribution in [1.29, 1.82) is 0 Å². The van der Waals surface area contributed by atoms with E-state index in [1.807, 2.05) is 13.0 Å². The average molecular weight is 292 g/mol. The number of hydrogen-bond donors (Lipinski definition) is 1. The van der Waals surface area contributed by atoms with E-state index in [-0.39, 0.29) is 0 Å². The Bertz CT molecular complexity index is 432. The molecule has 1 saturated heterocycles. The molecule has 0 aliphatic carbocycles. The predicted octanol–water partition coefficient (Wildman–Crippen LogP) is 2.86. The van der Waals surface area contributed by atoms with Gasteiger partial charge in [-0.2, -0.15) is 4.98 Å². The minimum atomic E-state index is 0.509. The molecule has 0 radical (unpaired) electrons. The van der Waals surface area contributed by atoms with Crippen LogP contribution in [-0.2, 0) is 0 Å². The smallest absolute Gasteiger partial charge is 0.226 e. The van der Waals surface area contributed by atoms with Gasteiger partial charge in [0.15, 0.2) is 0 Å². The monoisotopic (exact) mass is 292 g/mol. The molecule has 1 aromatic heterocycles. The van der Waals surface area contributed by atoms with Crippen LogP contribution in [-0.4, -0.2) is 47.2 Å². The van der Waals surface area contributed by atoms with Crippen molar-refractivity contribution in [2.24, 2.45) is 0 Å². The molecule has 1 aliphatic heterocycles. The number of hydrogen-bond acceptors (Lipinski definition) is 5. The first kappa shape index (κ1) is 16.0. The molecule has 21 heavy (non-hydrogen) atoms. The van der Waals surface area contributed by atoms with E-state index in [4.69, 9.17) is 4.74 Å². The minimum Gasteiger partial charge on any atom is -0.478 e. The molecule has 2 heterocycles. The lowest BCUT2D eigenvalue weighted by Gasteiger charge is -2.32. The Hall–Kier alpha value is -1.36. The standard InChI is InChI=1S/C16H28N4O/c1-4-10-21-15-11-13(2)18-16(19-15)17-12-14(3)20-8-6-5-7-9-20/h11,14H,4-10,12H2,1-3H3,(H,17,18,19). The molecule has 1 aromatic rings. The third-order valence-electron chi connectivity index (χ3n) is 3.85. The zero-order chi connectivity index (χ0) is 15.1. The number of nitrogens with one attached hydrogen (secondary N) is 1. The third-order valence-corrected chi connectivity index (χ3v) is 3.85. The predicted molar refractivity (Wildman–Crippen MR) is 85.9 cm³/mol. The van der Waals surface area contributed by atoms with Crippen molar-refractivity contribution < 1.29 is 4.74 Å². The molecule has 0 saturated carbocycles. The van der Waals surface area contributed by atoms with Crippen molar-refractivity contribution in [1.82, 2.24) is 14.9 Å². The Kier molecular flexibility index (Phi) is 6.23. The first-order valence-corrected chi connectivity index (χ1v) is 8.15. The molecular formula is C16H28N4O. The van der Waals surface area contributed by atoms with Gasteiger partial charge in [-0.15, -0.1) is 0 Å². The maximum atomic E-state index is 5.60. The highest BCUT2D eigenvalue weighted by Crippen LogP contribution is 2.14. The lowest BCUT2D eigenvalue weighted by atomic mass is 10.1. The topological polar surface area (TPSA) is 50.3 Å². The van der Waals surface area contributed by atoms with Crippen LogP contribution in [0.1, 0.15) is 45.2 Å². The fraction of sp³-hybridized carbons (Fsp3) is 0.750. The molecule has 0 spiro atoms. The number of ether oxygens (including phenoxy) is 1. The molecule has 0 amide bonds. The number of likely N-dealkylation sites (tertiary alicyclic amines) is 1. The molecule has 1 fully saturated rings. The van der Waals surface area contributed by atoms with Gasteiger partial charge in [0.25, 0.3) is 0 Å². The molecule has 5 heteroatoms. The summed E-state index contributed by atoms with van der Waals surface area (Å²) in [5.41, 5.74) is 0.934. The average Bonchev–Trinajstić information content (AvgIpc) is 2.51. The van der Waals surface area contributed by atoms with Gasteiger partial charge in [-0.3, -0.25) is 4.90 Å². The highest BCUT2D eigenvalue weighted by molar-refractivity contribution is 5.30. The largest absolute Gasteiger partial charge is 0.478 e. The minimum absolute atomic E-state index is 0.509. The number of aromatic nitrogens is 2. The van der Waals surface area contributed by atoms with Gasteiger partial charge in [-0.05, 0) is 46.2 Å². The summed E-state index contributed by atoms with van der Waals surface area (Å²) < 4.78 is 5.60. The normalized spacial score (nSPS) is 17.5. The SMILES string of the molecule is CCCOc1cc(C)nc(NCC(C)N2CCCCC2)n1. The summed E-state index contributed by atoms with van der Waals surface area (Å²) in [5.74, 6) is 1.34. The first-order chi connectivity index (χ1) is 10.2. The second-order valence-corrected chi connectivity index (χ2v) is 5.85. The second kappa shape index (κ2) is 8.17. The molecule has 118 valence electrons. The van der Waals surface area contributed by atoms with Crippen molar-refractivity contribution in [2.75, 3.05) is 31.6 Å². The summed E-state index contributed by atoms with van der Waals surface area (Å²) >= 11 is 0. The van der Waals surface area contributed by atoms with Gasteiger partial charge in [0.1, 0.15) is 0 Å². The van der Waals surface area contributed by atoms with Crippen molar-refractivity contribution >= 4 is 5.95 Å². The van der Waals surface area contributed by atoms with E-state index in [0.29, 0.717) is 24.5 Å². The summed E-state index contributed by atoms with van der Waals surface area (Å²) in [6, 6.07) is 2.39. The molecule has 0 aromatic carbocycles. The Morgan fingerprint density at radius 1 is 1.29 bits per heavy atom. The fourth-order valence-electron chi connectivity index (χ4n) is 2.63. The Labute approximate surface area is 128 Å². The van der Waals surface area contributed by atoms with Gasteiger partial charge in [-0.1, -0.05) is 13.3 Å². The Balaban J connectivity index is 1.87. The number of nitrogens with zero attached hydrogens (tertiary/aromatic N) is 3. The molecule has 1 atom stereocenters. The van der Waals surface area contributed by atoms with Gasteiger partial charge in [0, 0.05) is 24.3 Å². The van der Waals surface area contributed by atoms with Crippen LogP contribution in [0.2, 0.25) is 0 Å². The Morgan fingerprint density at radius 3 is 2.76 bits per heavy atom. The van der Waals surface area contributed by atoms with Crippen LogP contribution < -0.4 is 10.1 Å². The number of rotatable bonds is 7. The van der Waals surface area contributed by atoms with Crippen molar-refractivity contribution in [3.05, 3.63) is 11.8 Å². The zero-order valence-corrected chi connectivity index (χ0v) is 13.6. The quantitative estimate of drug-likeness (QED) is 0.837. The van der Waals surface area contributed by atoms with Gasteiger partial charge in [0.05, 0.1) is 6.61 Å². The van der Waals surface area contributed by atoms with E-state index in [9.17, 15) is 0 Å². The van der Waals surface area contributed by atoms with E-state index < -0.39 is 0 Å². The van der Waals surface area contributed by atoms with Crippen molar-refractivity contribution in [2.45, 2.75) is 52.5 Å². The van der Waals surface area contributed by atoms with Gasteiger partial charge >= 0.3 is 0 Å².